The summed E-state index contributed by atoms with van der Waals surface area (Å²) in [6.07, 6.45) is 5.88. The predicted octanol–water partition coefficient (Wildman–Crippen LogP) is 2.78. The number of carbonyl (C=O) groups excluding carboxylic acids is 2. The number of unbranched alkanes of at least 4 members (excludes halogenated alkanes) is 1. The van der Waals surface area contributed by atoms with Gasteiger partial charge in [0, 0.05) is 32.4 Å². The highest BCUT2D eigenvalue weighted by molar-refractivity contribution is 5.78. The molecule has 0 saturated carbocycles. The van der Waals surface area contributed by atoms with E-state index < -0.39 is 0 Å². The molecule has 0 aromatic carbocycles. The van der Waals surface area contributed by atoms with E-state index in [1.54, 1.807) is 0 Å². The zero-order chi connectivity index (χ0) is 12.7. The van der Waals surface area contributed by atoms with E-state index in [4.69, 9.17) is 0 Å². The van der Waals surface area contributed by atoms with Crippen LogP contribution in [0.2, 0.25) is 0 Å². The van der Waals surface area contributed by atoms with E-state index in [9.17, 15) is 9.59 Å². The zero-order valence-electron chi connectivity index (χ0n) is 11.2. The first-order valence-corrected chi connectivity index (χ1v) is 6.93. The first-order chi connectivity index (χ1) is 8.13. The Labute approximate surface area is 105 Å². The van der Waals surface area contributed by atoms with Gasteiger partial charge in [-0.3, -0.25) is 9.59 Å². The largest absolute Gasteiger partial charge is 0.343 e. The summed E-state index contributed by atoms with van der Waals surface area (Å²) in [6, 6.07) is 0. The smallest absolute Gasteiger partial charge is 0.222 e. The maximum Gasteiger partial charge on any atom is 0.222 e. The van der Waals surface area contributed by atoms with Crippen LogP contribution in [0, 0.1) is 5.92 Å². The summed E-state index contributed by atoms with van der Waals surface area (Å²) in [5.41, 5.74) is 0. The summed E-state index contributed by atoms with van der Waals surface area (Å²) >= 11 is 0. The number of rotatable bonds is 6. The number of Topliss-reactive ketones (excluding diaryl/α,β-unsaturated/α-hetero) is 1. The summed E-state index contributed by atoms with van der Waals surface area (Å²) in [6.45, 7) is 5.99. The van der Waals surface area contributed by atoms with E-state index in [1.807, 2.05) is 11.8 Å². The van der Waals surface area contributed by atoms with E-state index in [2.05, 4.69) is 6.92 Å². The van der Waals surface area contributed by atoms with Crippen LogP contribution < -0.4 is 0 Å². The van der Waals surface area contributed by atoms with Gasteiger partial charge in [-0.05, 0) is 31.6 Å². The van der Waals surface area contributed by atoms with Crippen molar-refractivity contribution in [2.24, 2.45) is 5.92 Å². The molecule has 1 amide bonds. The highest BCUT2D eigenvalue weighted by Gasteiger charge is 2.19. The Morgan fingerprint density at radius 3 is 2.29 bits per heavy atom. The summed E-state index contributed by atoms with van der Waals surface area (Å²) in [5, 5.41) is 0. The van der Waals surface area contributed by atoms with E-state index in [1.165, 1.54) is 0 Å². The first-order valence-electron chi connectivity index (χ1n) is 6.93. The van der Waals surface area contributed by atoms with Crippen LogP contribution in [0.25, 0.3) is 0 Å². The van der Waals surface area contributed by atoms with Crippen molar-refractivity contribution in [2.75, 3.05) is 13.1 Å². The molecule has 0 atom stereocenters. The molecule has 98 valence electrons. The van der Waals surface area contributed by atoms with Gasteiger partial charge in [-0.15, -0.1) is 0 Å². The van der Waals surface area contributed by atoms with Gasteiger partial charge in [-0.1, -0.05) is 13.8 Å². The van der Waals surface area contributed by atoms with Crippen molar-refractivity contribution in [1.29, 1.82) is 0 Å². The fourth-order valence-corrected chi connectivity index (χ4v) is 2.19. The van der Waals surface area contributed by atoms with Crippen LogP contribution in [0.1, 0.15) is 58.8 Å². The van der Waals surface area contributed by atoms with Crippen molar-refractivity contribution in [2.45, 2.75) is 58.8 Å². The lowest BCUT2D eigenvalue weighted by Crippen LogP contribution is -2.37. The lowest BCUT2D eigenvalue weighted by Gasteiger charge is -2.30. The number of hydrogen-bond acceptors (Lipinski definition) is 2. The molecule has 17 heavy (non-hydrogen) atoms. The van der Waals surface area contributed by atoms with Crippen LogP contribution in [0.3, 0.4) is 0 Å². The summed E-state index contributed by atoms with van der Waals surface area (Å²) in [7, 11) is 0. The Morgan fingerprint density at radius 2 is 1.71 bits per heavy atom. The third-order valence-electron chi connectivity index (χ3n) is 3.63. The van der Waals surface area contributed by atoms with Crippen LogP contribution in [-0.2, 0) is 9.59 Å². The van der Waals surface area contributed by atoms with Gasteiger partial charge in [0.15, 0.2) is 0 Å². The maximum atomic E-state index is 11.9. The average molecular weight is 239 g/mol. The van der Waals surface area contributed by atoms with Crippen LogP contribution >= 0.6 is 0 Å². The summed E-state index contributed by atoms with van der Waals surface area (Å²) in [4.78, 5) is 24.9. The van der Waals surface area contributed by atoms with Crippen LogP contribution in [-0.4, -0.2) is 29.7 Å². The second-order valence-corrected chi connectivity index (χ2v) is 5.16. The quantitative estimate of drug-likeness (QED) is 0.668. The molecular weight excluding hydrogens is 214 g/mol. The lowest BCUT2D eigenvalue weighted by molar-refractivity contribution is -0.132. The number of piperidine rings is 1. The highest BCUT2D eigenvalue weighted by Crippen LogP contribution is 2.17. The minimum atomic E-state index is 0.279. The maximum absolute atomic E-state index is 11.9. The molecule has 0 unspecified atom stereocenters. The van der Waals surface area contributed by atoms with Crippen molar-refractivity contribution in [1.82, 2.24) is 4.90 Å². The number of carbonyl (C=O) groups is 2. The normalized spacial score (nSPS) is 17.2. The highest BCUT2D eigenvalue weighted by atomic mass is 16.2. The Balaban J connectivity index is 2.10. The molecule has 3 heteroatoms. The predicted molar refractivity (Wildman–Crippen MR) is 68.7 cm³/mol. The van der Waals surface area contributed by atoms with Crippen molar-refractivity contribution in [3.8, 4) is 0 Å². The molecule has 0 aromatic heterocycles. The molecule has 0 aromatic rings. The Kier molecular flexibility index (Phi) is 6.23. The van der Waals surface area contributed by atoms with Gasteiger partial charge in [0.25, 0.3) is 0 Å². The van der Waals surface area contributed by atoms with Crippen LogP contribution in [0.5, 0.6) is 0 Å². The van der Waals surface area contributed by atoms with E-state index >= 15 is 0 Å². The molecule has 0 N–H and O–H groups in total. The molecule has 1 saturated heterocycles. The summed E-state index contributed by atoms with van der Waals surface area (Å²) in [5.74, 6) is 1.35. The van der Waals surface area contributed by atoms with Crippen molar-refractivity contribution >= 4 is 11.7 Å². The molecule has 0 radical (unpaired) electrons. The number of ketones is 1. The standard InChI is InChI=1S/C14H25NO2/c1-3-13(16)6-4-5-7-14(17)15-10-8-12(2)9-11-15/h12H,3-11H2,1-2H3. The Morgan fingerprint density at radius 1 is 1.12 bits per heavy atom. The number of amides is 1. The van der Waals surface area contributed by atoms with E-state index in [0.29, 0.717) is 25.0 Å². The van der Waals surface area contributed by atoms with E-state index in [-0.39, 0.29) is 5.91 Å². The lowest BCUT2D eigenvalue weighted by atomic mass is 9.99. The first kappa shape index (κ1) is 14.2. The fourth-order valence-electron chi connectivity index (χ4n) is 2.19. The molecule has 1 aliphatic rings. The average Bonchev–Trinajstić information content (AvgIpc) is 2.34. The van der Waals surface area contributed by atoms with Gasteiger partial charge in [0.2, 0.25) is 5.91 Å². The number of likely N-dealkylation sites (tertiary alicyclic amines) is 1. The zero-order valence-corrected chi connectivity index (χ0v) is 11.2. The fraction of sp³-hybridized carbons (Fsp3) is 0.857. The van der Waals surface area contributed by atoms with Crippen molar-refractivity contribution in [3.05, 3.63) is 0 Å². The van der Waals surface area contributed by atoms with Gasteiger partial charge in [-0.25, -0.2) is 0 Å². The number of nitrogens with zero attached hydrogens (tertiary/aromatic N) is 1. The van der Waals surface area contributed by atoms with Gasteiger partial charge in [-0.2, -0.15) is 0 Å². The second-order valence-electron chi connectivity index (χ2n) is 5.16. The van der Waals surface area contributed by atoms with Crippen LogP contribution in [0.15, 0.2) is 0 Å². The van der Waals surface area contributed by atoms with Crippen molar-refractivity contribution in [3.63, 3.8) is 0 Å². The molecule has 1 aliphatic heterocycles. The number of hydrogen-bond donors (Lipinski definition) is 0. The SMILES string of the molecule is CCC(=O)CCCCC(=O)N1CCC(C)CC1. The van der Waals surface area contributed by atoms with Crippen molar-refractivity contribution < 1.29 is 9.59 Å². The molecule has 0 spiro atoms. The van der Waals surface area contributed by atoms with Crippen LogP contribution in [0.4, 0.5) is 0 Å². The summed E-state index contributed by atoms with van der Waals surface area (Å²) < 4.78 is 0. The molecule has 0 bridgehead atoms. The topological polar surface area (TPSA) is 37.4 Å². The van der Waals surface area contributed by atoms with Gasteiger partial charge >= 0.3 is 0 Å². The van der Waals surface area contributed by atoms with Gasteiger partial charge in [0.05, 0.1) is 0 Å². The third kappa shape index (κ3) is 5.33. The van der Waals surface area contributed by atoms with Gasteiger partial charge in [0.1, 0.15) is 5.78 Å². The third-order valence-corrected chi connectivity index (χ3v) is 3.63. The Hall–Kier alpha value is -0.860. The molecular formula is C14H25NO2. The molecule has 1 heterocycles. The minimum Gasteiger partial charge on any atom is -0.343 e. The minimum absolute atomic E-state index is 0.279. The molecule has 3 nitrogen and oxygen atoms in total. The van der Waals surface area contributed by atoms with Gasteiger partial charge < -0.3 is 4.90 Å². The molecule has 1 fully saturated rings. The monoisotopic (exact) mass is 239 g/mol. The molecule has 1 rings (SSSR count). The second kappa shape index (κ2) is 7.46. The molecule has 0 aliphatic carbocycles. The van der Waals surface area contributed by atoms with E-state index in [0.717, 1.165) is 44.7 Å². The Bertz CT molecular complexity index is 255.